The maximum absolute atomic E-state index is 12.1. The van der Waals surface area contributed by atoms with Gasteiger partial charge in [-0.25, -0.2) is 13.1 Å². The SMILES string of the molecule is CC(CS(=O)(=O)NC1CCC(=O)NC1=O)c1ccccc1. The second-order valence-corrected chi connectivity index (χ2v) is 7.01. The number of imide groups is 1. The van der Waals surface area contributed by atoms with Gasteiger partial charge in [-0.3, -0.25) is 14.9 Å². The lowest BCUT2D eigenvalue weighted by Gasteiger charge is -2.22. The van der Waals surface area contributed by atoms with Crippen LogP contribution in [0.5, 0.6) is 0 Å². The summed E-state index contributed by atoms with van der Waals surface area (Å²) in [5.41, 5.74) is 0.922. The fourth-order valence-corrected chi connectivity index (χ4v) is 3.88. The molecule has 7 heteroatoms. The zero-order chi connectivity index (χ0) is 15.5. The summed E-state index contributed by atoms with van der Waals surface area (Å²) in [6.45, 7) is 1.82. The standard InChI is InChI=1S/C14H18N2O4S/c1-10(11-5-3-2-4-6-11)9-21(19,20)16-12-7-8-13(17)15-14(12)18/h2-6,10,12,16H,7-9H2,1H3,(H,15,17,18). The summed E-state index contributed by atoms with van der Waals surface area (Å²) in [4.78, 5) is 22.6. The van der Waals surface area contributed by atoms with E-state index in [1.807, 2.05) is 37.3 Å². The summed E-state index contributed by atoms with van der Waals surface area (Å²) in [5, 5.41) is 2.13. The van der Waals surface area contributed by atoms with Gasteiger partial charge in [0.25, 0.3) is 0 Å². The van der Waals surface area contributed by atoms with Crippen LogP contribution in [0.2, 0.25) is 0 Å². The van der Waals surface area contributed by atoms with Gasteiger partial charge in [0.15, 0.2) is 0 Å². The minimum absolute atomic E-state index is 0.102. The lowest BCUT2D eigenvalue weighted by atomic mass is 10.0. The summed E-state index contributed by atoms with van der Waals surface area (Å²) >= 11 is 0. The smallest absolute Gasteiger partial charge is 0.244 e. The molecule has 114 valence electrons. The van der Waals surface area contributed by atoms with Crippen LogP contribution in [0.4, 0.5) is 0 Å². The third-order valence-electron chi connectivity index (χ3n) is 3.40. The summed E-state index contributed by atoms with van der Waals surface area (Å²) in [7, 11) is -3.60. The maximum atomic E-state index is 12.1. The van der Waals surface area contributed by atoms with Gasteiger partial charge in [0, 0.05) is 6.42 Å². The second-order valence-electron chi connectivity index (χ2n) is 5.21. The number of carbonyl (C=O) groups excluding carboxylic acids is 2. The molecule has 1 aromatic carbocycles. The van der Waals surface area contributed by atoms with Crippen LogP contribution in [0.15, 0.2) is 30.3 Å². The quantitative estimate of drug-likeness (QED) is 0.775. The Morgan fingerprint density at radius 2 is 1.95 bits per heavy atom. The Hall–Kier alpha value is -1.73. The minimum atomic E-state index is -3.60. The van der Waals surface area contributed by atoms with Crippen LogP contribution in [-0.4, -0.2) is 32.0 Å². The number of benzene rings is 1. The molecule has 21 heavy (non-hydrogen) atoms. The molecule has 0 spiro atoms. The van der Waals surface area contributed by atoms with Gasteiger partial charge in [-0.05, 0) is 17.9 Å². The van der Waals surface area contributed by atoms with Crippen LogP contribution in [0.25, 0.3) is 0 Å². The Labute approximate surface area is 124 Å². The summed E-state index contributed by atoms with van der Waals surface area (Å²) in [5.74, 6) is -1.23. The van der Waals surface area contributed by atoms with Crippen LogP contribution in [0.3, 0.4) is 0 Å². The number of amides is 2. The van der Waals surface area contributed by atoms with Crippen LogP contribution < -0.4 is 10.0 Å². The molecule has 0 bridgehead atoms. The number of rotatable bonds is 5. The fraction of sp³-hybridized carbons (Fsp3) is 0.429. The van der Waals surface area contributed by atoms with Gasteiger partial charge in [-0.15, -0.1) is 0 Å². The largest absolute Gasteiger partial charge is 0.295 e. The van der Waals surface area contributed by atoms with Crippen molar-refractivity contribution in [2.45, 2.75) is 31.7 Å². The van der Waals surface area contributed by atoms with E-state index in [0.29, 0.717) is 0 Å². The second kappa shape index (κ2) is 6.36. The fourth-order valence-electron chi connectivity index (χ4n) is 2.28. The van der Waals surface area contributed by atoms with Crippen molar-refractivity contribution in [3.63, 3.8) is 0 Å². The Bertz CT molecular complexity index is 628. The first kappa shape index (κ1) is 15.7. The van der Waals surface area contributed by atoms with Gasteiger partial charge in [0.05, 0.1) is 5.75 Å². The molecular formula is C14H18N2O4S. The molecule has 1 heterocycles. The zero-order valence-electron chi connectivity index (χ0n) is 11.7. The molecule has 1 fully saturated rings. The molecule has 1 saturated heterocycles. The molecule has 0 aromatic heterocycles. The third-order valence-corrected chi connectivity index (χ3v) is 4.98. The minimum Gasteiger partial charge on any atom is -0.295 e. The molecule has 6 nitrogen and oxygen atoms in total. The van der Waals surface area contributed by atoms with Gasteiger partial charge in [-0.1, -0.05) is 37.3 Å². The van der Waals surface area contributed by atoms with Crippen molar-refractivity contribution < 1.29 is 18.0 Å². The monoisotopic (exact) mass is 310 g/mol. The lowest BCUT2D eigenvalue weighted by Crippen LogP contribution is -2.52. The molecule has 2 rings (SSSR count). The van der Waals surface area contributed by atoms with Crippen LogP contribution in [0.1, 0.15) is 31.2 Å². The van der Waals surface area contributed by atoms with E-state index >= 15 is 0 Å². The molecule has 2 atom stereocenters. The van der Waals surface area contributed by atoms with E-state index in [2.05, 4.69) is 10.0 Å². The number of sulfonamides is 1. The molecule has 2 amide bonds. The number of nitrogens with one attached hydrogen (secondary N) is 2. The number of carbonyl (C=O) groups is 2. The van der Waals surface area contributed by atoms with Crippen molar-refractivity contribution >= 4 is 21.8 Å². The van der Waals surface area contributed by atoms with Gasteiger partial charge in [0.2, 0.25) is 21.8 Å². The average Bonchev–Trinajstić information content (AvgIpc) is 2.42. The average molecular weight is 310 g/mol. The highest BCUT2D eigenvalue weighted by Crippen LogP contribution is 2.17. The first-order valence-corrected chi connectivity index (χ1v) is 8.41. The van der Waals surface area contributed by atoms with Crippen molar-refractivity contribution in [3.05, 3.63) is 35.9 Å². The molecule has 1 aliphatic rings. The van der Waals surface area contributed by atoms with E-state index < -0.39 is 22.0 Å². The Kier molecular flexibility index (Phi) is 4.74. The van der Waals surface area contributed by atoms with E-state index in [0.717, 1.165) is 5.56 Å². The first-order chi connectivity index (χ1) is 9.87. The summed E-state index contributed by atoms with van der Waals surface area (Å²) < 4.78 is 26.6. The Morgan fingerprint density at radius 3 is 2.57 bits per heavy atom. The van der Waals surface area contributed by atoms with Crippen molar-refractivity contribution in [2.24, 2.45) is 0 Å². The Morgan fingerprint density at radius 1 is 1.29 bits per heavy atom. The van der Waals surface area contributed by atoms with Gasteiger partial charge >= 0.3 is 0 Å². The van der Waals surface area contributed by atoms with Crippen LogP contribution in [-0.2, 0) is 19.6 Å². The topological polar surface area (TPSA) is 92.3 Å². The molecular weight excluding hydrogens is 292 g/mol. The molecule has 0 radical (unpaired) electrons. The molecule has 1 aliphatic heterocycles. The normalized spacial score (nSPS) is 20.9. The number of piperidine rings is 1. The number of hydrogen-bond acceptors (Lipinski definition) is 4. The first-order valence-electron chi connectivity index (χ1n) is 6.76. The van der Waals surface area contributed by atoms with Crippen LogP contribution >= 0.6 is 0 Å². The molecule has 1 aromatic rings. The molecule has 2 unspecified atom stereocenters. The predicted molar refractivity (Wildman–Crippen MR) is 78.0 cm³/mol. The van der Waals surface area contributed by atoms with Crippen LogP contribution in [0, 0.1) is 0 Å². The van der Waals surface area contributed by atoms with Crippen molar-refractivity contribution in [2.75, 3.05) is 5.75 Å². The van der Waals surface area contributed by atoms with E-state index in [1.165, 1.54) is 0 Å². The lowest BCUT2D eigenvalue weighted by molar-refractivity contribution is -0.134. The van der Waals surface area contributed by atoms with Crippen molar-refractivity contribution in [1.82, 2.24) is 10.0 Å². The highest BCUT2D eigenvalue weighted by molar-refractivity contribution is 7.89. The van der Waals surface area contributed by atoms with Crippen molar-refractivity contribution in [1.29, 1.82) is 0 Å². The summed E-state index contributed by atoms with van der Waals surface area (Å²) in [6, 6.07) is 8.44. The van der Waals surface area contributed by atoms with E-state index in [1.54, 1.807) is 0 Å². The van der Waals surface area contributed by atoms with E-state index in [9.17, 15) is 18.0 Å². The van der Waals surface area contributed by atoms with Gasteiger partial charge in [-0.2, -0.15) is 0 Å². The van der Waals surface area contributed by atoms with Gasteiger partial charge in [0.1, 0.15) is 6.04 Å². The van der Waals surface area contributed by atoms with E-state index in [-0.39, 0.29) is 30.4 Å². The molecule has 2 N–H and O–H groups in total. The molecule has 0 saturated carbocycles. The zero-order valence-corrected chi connectivity index (χ0v) is 12.5. The highest BCUT2D eigenvalue weighted by Gasteiger charge is 2.30. The van der Waals surface area contributed by atoms with Crippen molar-refractivity contribution in [3.8, 4) is 0 Å². The highest BCUT2D eigenvalue weighted by atomic mass is 32.2. The maximum Gasteiger partial charge on any atom is 0.244 e. The van der Waals surface area contributed by atoms with Gasteiger partial charge < -0.3 is 0 Å². The number of hydrogen-bond donors (Lipinski definition) is 2. The Balaban J connectivity index is 1.99. The predicted octanol–water partition coefficient (Wildman–Crippen LogP) is 0.515. The summed E-state index contributed by atoms with van der Waals surface area (Å²) in [6.07, 6.45) is 0.344. The van der Waals surface area contributed by atoms with E-state index in [4.69, 9.17) is 0 Å². The third kappa shape index (κ3) is 4.37. The molecule has 0 aliphatic carbocycles.